The molecule has 0 bridgehead atoms. The second-order valence-corrected chi connectivity index (χ2v) is 5.00. The number of imidazole rings is 1. The molecule has 1 amide bonds. The molecule has 23 heavy (non-hydrogen) atoms. The Morgan fingerprint density at radius 3 is 2.65 bits per heavy atom. The minimum absolute atomic E-state index is 0.0520. The van der Waals surface area contributed by atoms with E-state index in [0.717, 1.165) is 11.0 Å². The van der Waals surface area contributed by atoms with Crippen LogP contribution in [0.3, 0.4) is 0 Å². The Morgan fingerprint density at radius 2 is 1.96 bits per heavy atom. The topological polar surface area (TPSA) is 90.9 Å². The van der Waals surface area contributed by atoms with Crippen LogP contribution in [0.5, 0.6) is 0 Å². The van der Waals surface area contributed by atoms with Crippen molar-refractivity contribution < 1.29 is 9.90 Å². The Morgan fingerprint density at radius 1 is 1.22 bits per heavy atom. The quantitative estimate of drug-likeness (QED) is 0.771. The summed E-state index contributed by atoms with van der Waals surface area (Å²) in [4.78, 5) is 16.6. The number of rotatable bonds is 4. The number of anilines is 1. The predicted octanol–water partition coefficient (Wildman–Crippen LogP) is 2.04. The Labute approximate surface area is 132 Å². The number of carbonyl (C=O) groups is 1. The van der Waals surface area contributed by atoms with Gasteiger partial charge in [0.15, 0.2) is 0 Å². The van der Waals surface area contributed by atoms with Crippen LogP contribution in [0, 0.1) is 11.3 Å². The Balaban J connectivity index is 1.81. The van der Waals surface area contributed by atoms with Crippen LogP contribution < -0.4 is 5.32 Å². The summed E-state index contributed by atoms with van der Waals surface area (Å²) in [6, 6.07) is 16.1. The van der Waals surface area contributed by atoms with Gasteiger partial charge in [-0.2, -0.15) is 5.26 Å². The number of carbonyl (C=O) groups excluding carboxylic acids is 1. The summed E-state index contributed by atoms with van der Waals surface area (Å²) in [5.41, 5.74) is 2.68. The minimum Gasteiger partial charge on any atom is -0.388 e. The summed E-state index contributed by atoms with van der Waals surface area (Å²) in [7, 11) is 0. The number of aliphatic hydroxyl groups excluding tert-OH is 1. The number of hydrogen-bond acceptors (Lipinski definition) is 4. The number of amides is 1. The van der Waals surface area contributed by atoms with Gasteiger partial charge >= 0.3 is 0 Å². The number of nitrogens with zero attached hydrogens (tertiary/aromatic N) is 3. The van der Waals surface area contributed by atoms with E-state index in [1.807, 2.05) is 30.3 Å². The van der Waals surface area contributed by atoms with Crippen LogP contribution in [-0.2, 0) is 17.9 Å². The van der Waals surface area contributed by atoms with Gasteiger partial charge in [-0.15, -0.1) is 0 Å². The van der Waals surface area contributed by atoms with E-state index in [4.69, 9.17) is 5.26 Å². The van der Waals surface area contributed by atoms with Gasteiger partial charge in [-0.25, -0.2) is 4.98 Å². The number of nitrogens with one attached hydrogen (secondary N) is 1. The Kier molecular flexibility index (Phi) is 4.04. The number of fused-ring (bicyclic) bond motifs is 1. The zero-order chi connectivity index (χ0) is 16.2. The molecule has 0 unspecified atom stereocenters. The molecule has 114 valence electrons. The van der Waals surface area contributed by atoms with Crippen molar-refractivity contribution in [1.29, 1.82) is 5.26 Å². The first-order valence-electron chi connectivity index (χ1n) is 7.06. The maximum Gasteiger partial charge on any atom is 0.244 e. The van der Waals surface area contributed by atoms with E-state index in [-0.39, 0.29) is 19.1 Å². The molecule has 0 aliphatic heterocycles. The Bertz CT molecular complexity index is 891. The van der Waals surface area contributed by atoms with Gasteiger partial charge in [0.2, 0.25) is 5.91 Å². The molecule has 2 aromatic carbocycles. The SMILES string of the molecule is N#Cc1ccc(NC(=O)Cn2c(CO)nc3ccccc32)cc1. The number of hydrogen-bond donors (Lipinski definition) is 2. The highest BCUT2D eigenvalue weighted by Crippen LogP contribution is 2.16. The monoisotopic (exact) mass is 306 g/mol. The normalized spacial score (nSPS) is 10.4. The molecular formula is C17H14N4O2. The highest BCUT2D eigenvalue weighted by Gasteiger charge is 2.12. The molecule has 0 aliphatic rings. The molecule has 2 N–H and O–H groups in total. The van der Waals surface area contributed by atoms with Gasteiger partial charge in [-0.3, -0.25) is 4.79 Å². The van der Waals surface area contributed by atoms with Crippen molar-refractivity contribution in [2.45, 2.75) is 13.2 Å². The molecular weight excluding hydrogens is 292 g/mol. The van der Waals surface area contributed by atoms with E-state index in [9.17, 15) is 9.90 Å². The lowest BCUT2D eigenvalue weighted by Gasteiger charge is -2.09. The second-order valence-electron chi connectivity index (χ2n) is 5.00. The Hall–Kier alpha value is -3.17. The van der Waals surface area contributed by atoms with Crippen LogP contribution in [0.4, 0.5) is 5.69 Å². The summed E-state index contributed by atoms with van der Waals surface area (Å²) in [6.45, 7) is -0.185. The third-order valence-electron chi connectivity index (χ3n) is 3.47. The fourth-order valence-electron chi connectivity index (χ4n) is 2.39. The lowest BCUT2D eigenvalue weighted by molar-refractivity contribution is -0.116. The molecule has 3 rings (SSSR count). The van der Waals surface area contributed by atoms with E-state index in [1.54, 1.807) is 28.8 Å². The fraction of sp³-hybridized carbons (Fsp3) is 0.118. The van der Waals surface area contributed by atoms with Crippen molar-refractivity contribution in [1.82, 2.24) is 9.55 Å². The zero-order valence-electron chi connectivity index (χ0n) is 12.2. The molecule has 0 atom stereocenters. The van der Waals surface area contributed by atoms with Crippen LogP contribution in [0.25, 0.3) is 11.0 Å². The van der Waals surface area contributed by atoms with Gasteiger partial charge in [-0.1, -0.05) is 12.1 Å². The highest BCUT2D eigenvalue weighted by atomic mass is 16.3. The number of para-hydroxylation sites is 2. The molecule has 1 heterocycles. The first kappa shape index (κ1) is 14.8. The third kappa shape index (κ3) is 3.05. The van der Waals surface area contributed by atoms with Gasteiger partial charge < -0.3 is 15.0 Å². The summed E-state index contributed by atoms with van der Waals surface area (Å²) in [6.07, 6.45) is 0. The van der Waals surface area contributed by atoms with Gasteiger partial charge in [0.05, 0.1) is 22.7 Å². The molecule has 0 fully saturated rings. The van der Waals surface area contributed by atoms with E-state index in [0.29, 0.717) is 17.1 Å². The average Bonchev–Trinajstić information content (AvgIpc) is 2.93. The van der Waals surface area contributed by atoms with Crippen molar-refractivity contribution in [3.05, 3.63) is 59.9 Å². The minimum atomic E-state index is -0.237. The first-order valence-corrected chi connectivity index (χ1v) is 7.06. The van der Waals surface area contributed by atoms with Crippen molar-refractivity contribution in [3.8, 4) is 6.07 Å². The average molecular weight is 306 g/mol. The van der Waals surface area contributed by atoms with Crippen molar-refractivity contribution in [2.24, 2.45) is 0 Å². The molecule has 6 nitrogen and oxygen atoms in total. The largest absolute Gasteiger partial charge is 0.388 e. The standard InChI is InChI=1S/C17H14N4O2/c18-9-12-5-7-13(8-6-12)19-17(23)10-21-15-4-2-1-3-14(15)20-16(21)11-22/h1-8,22H,10-11H2,(H,19,23). The highest BCUT2D eigenvalue weighted by molar-refractivity contribution is 5.91. The second kappa shape index (κ2) is 6.30. The maximum atomic E-state index is 12.2. The molecule has 0 saturated carbocycles. The third-order valence-corrected chi connectivity index (χ3v) is 3.47. The maximum absolute atomic E-state index is 12.2. The van der Waals surface area contributed by atoms with Crippen LogP contribution in [0.1, 0.15) is 11.4 Å². The molecule has 0 radical (unpaired) electrons. The molecule has 3 aromatic rings. The number of aromatic nitrogens is 2. The van der Waals surface area contributed by atoms with Crippen LogP contribution >= 0.6 is 0 Å². The molecule has 0 aliphatic carbocycles. The van der Waals surface area contributed by atoms with E-state index < -0.39 is 0 Å². The molecule has 6 heteroatoms. The summed E-state index contributed by atoms with van der Waals surface area (Å²) >= 11 is 0. The van der Waals surface area contributed by atoms with Gasteiger partial charge in [0, 0.05) is 5.69 Å². The fourth-order valence-corrected chi connectivity index (χ4v) is 2.39. The molecule has 0 spiro atoms. The number of benzene rings is 2. The predicted molar refractivity (Wildman–Crippen MR) is 85.4 cm³/mol. The van der Waals surface area contributed by atoms with Crippen LogP contribution in [0.15, 0.2) is 48.5 Å². The van der Waals surface area contributed by atoms with Crippen molar-refractivity contribution in [3.63, 3.8) is 0 Å². The summed E-state index contributed by atoms with van der Waals surface area (Å²) < 4.78 is 1.69. The van der Waals surface area contributed by atoms with Crippen LogP contribution in [0.2, 0.25) is 0 Å². The molecule has 1 aromatic heterocycles. The van der Waals surface area contributed by atoms with E-state index in [1.165, 1.54) is 0 Å². The summed E-state index contributed by atoms with van der Waals surface area (Å²) in [5.74, 6) is 0.216. The lowest BCUT2D eigenvalue weighted by atomic mass is 10.2. The molecule has 0 saturated heterocycles. The smallest absolute Gasteiger partial charge is 0.244 e. The summed E-state index contributed by atoms with van der Waals surface area (Å²) in [5, 5.41) is 21.0. The van der Waals surface area contributed by atoms with Crippen LogP contribution in [-0.4, -0.2) is 20.6 Å². The van der Waals surface area contributed by atoms with Crippen molar-refractivity contribution >= 4 is 22.6 Å². The number of nitriles is 1. The zero-order valence-corrected chi connectivity index (χ0v) is 12.2. The first-order chi connectivity index (χ1) is 11.2. The number of aliphatic hydroxyl groups is 1. The van der Waals surface area contributed by atoms with Gasteiger partial charge in [-0.05, 0) is 36.4 Å². The van der Waals surface area contributed by atoms with E-state index in [2.05, 4.69) is 10.3 Å². The van der Waals surface area contributed by atoms with E-state index >= 15 is 0 Å². The van der Waals surface area contributed by atoms with Gasteiger partial charge in [0.1, 0.15) is 19.0 Å². The van der Waals surface area contributed by atoms with Gasteiger partial charge in [0.25, 0.3) is 0 Å². The van der Waals surface area contributed by atoms with Crippen molar-refractivity contribution in [2.75, 3.05) is 5.32 Å². The lowest BCUT2D eigenvalue weighted by Crippen LogP contribution is -2.20.